The summed E-state index contributed by atoms with van der Waals surface area (Å²) in [5.41, 5.74) is 1.49. The second-order valence-electron chi connectivity index (χ2n) is 6.69. The normalized spacial score (nSPS) is 15.6. The minimum absolute atomic E-state index is 0.196. The van der Waals surface area contributed by atoms with Gasteiger partial charge in [0, 0.05) is 29.1 Å². The Morgan fingerprint density at radius 1 is 1.37 bits per heavy atom. The molecule has 1 saturated carbocycles. The Bertz CT molecular complexity index is 820. The van der Waals surface area contributed by atoms with Gasteiger partial charge in [-0.25, -0.2) is 4.98 Å². The molecule has 0 saturated heterocycles. The summed E-state index contributed by atoms with van der Waals surface area (Å²) in [6.07, 6.45) is 3.91. The molecule has 1 amide bonds. The number of carbonyl (C=O) groups is 2. The Morgan fingerprint density at radius 2 is 2.07 bits per heavy atom. The Morgan fingerprint density at radius 3 is 2.74 bits per heavy atom. The molecule has 0 aliphatic heterocycles. The monoisotopic (exact) mass is 407 g/mol. The van der Waals surface area contributed by atoms with Crippen LogP contribution in [0.15, 0.2) is 29.6 Å². The van der Waals surface area contributed by atoms with Crippen molar-refractivity contribution in [1.82, 2.24) is 10.3 Å². The molecule has 8 heteroatoms. The minimum Gasteiger partial charge on any atom is -0.481 e. The van der Waals surface area contributed by atoms with Gasteiger partial charge in [-0.1, -0.05) is 42.6 Å². The van der Waals surface area contributed by atoms with Crippen LogP contribution in [0.4, 0.5) is 5.13 Å². The number of halogens is 1. The molecule has 1 aliphatic rings. The number of nitrogens with zero attached hydrogens (tertiary/aromatic N) is 2. The van der Waals surface area contributed by atoms with Crippen LogP contribution in [0.2, 0.25) is 5.02 Å². The van der Waals surface area contributed by atoms with Crippen LogP contribution in [0, 0.1) is 0 Å². The Balaban J connectivity index is 1.76. The maximum atomic E-state index is 12.9. The SMILES string of the molecule is CN(C(=O)C(CC(=O)O)NC1CCCC1)c1nc(-c2ccccc2Cl)cs1. The zero-order valence-electron chi connectivity index (χ0n) is 15.0. The van der Waals surface area contributed by atoms with Crippen LogP contribution >= 0.6 is 22.9 Å². The molecular formula is C19H22ClN3O3S. The minimum atomic E-state index is -0.997. The molecule has 27 heavy (non-hydrogen) atoms. The van der Waals surface area contributed by atoms with E-state index in [9.17, 15) is 14.7 Å². The first-order chi connectivity index (χ1) is 13.0. The number of benzene rings is 1. The number of anilines is 1. The molecule has 0 bridgehead atoms. The summed E-state index contributed by atoms with van der Waals surface area (Å²) in [5.74, 6) is -1.28. The van der Waals surface area contributed by atoms with E-state index in [0.29, 0.717) is 15.8 Å². The number of thiazole rings is 1. The van der Waals surface area contributed by atoms with Gasteiger partial charge >= 0.3 is 5.97 Å². The first kappa shape index (κ1) is 19.8. The third-order valence-corrected chi connectivity index (χ3v) is 5.97. The van der Waals surface area contributed by atoms with E-state index in [-0.39, 0.29) is 18.4 Å². The van der Waals surface area contributed by atoms with Crippen LogP contribution in [-0.2, 0) is 9.59 Å². The Labute approximate surface area is 167 Å². The number of amides is 1. The first-order valence-electron chi connectivity index (χ1n) is 8.91. The van der Waals surface area contributed by atoms with Crippen molar-refractivity contribution in [2.75, 3.05) is 11.9 Å². The van der Waals surface area contributed by atoms with Gasteiger partial charge in [0.05, 0.1) is 18.2 Å². The summed E-state index contributed by atoms with van der Waals surface area (Å²) in [5, 5.41) is 15.4. The molecule has 144 valence electrons. The third kappa shape index (κ3) is 4.86. The lowest BCUT2D eigenvalue weighted by Gasteiger charge is -2.24. The predicted molar refractivity (Wildman–Crippen MR) is 107 cm³/mol. The summed E-state index contributed by atoms with van der Waals surface area (Å²) in [7, 11) is 1.63. The molecule has 0 radical (unpaired) electrons. The fourth-order valence-electron chi connectivity index (χ4n) is 3.31. The van der Waals surface area contributed by atoms with Gasteiger partial charge in [-0.05, 0) is 18.9 Å². The van der Waals surface area contributed by atoms with Crippen LogP contribution < -0.4 is 10.2 Å². The molecule has 1 fully saturated rings. The van der Waals surface area contributed by atoms with Crippen LogP contribution in [0.1, 0.15) is 32.1 Å². The van der Waals surface area contributed by atoms with Gasteiger partial charge in [0.15, 0.2) is 5.13 Å². The Kier molecular flexibility index (Phi) is 6.46. The van der Waals surface area contributed by atoms with Crippen molar-refractivity contribution in [1.29, 1.82) is 0 Å². The van der Waals surface area contributed by atoms with Crippen molar-refractivity contribution in [3.05, 3.63) is 34.7 Å². The van der Waals surface area contributed by atoms with Gasteiger partial charge in [0.25, 0.3) is 0 Å². The fraction of sp³-hybridized carbons (Fsp3) is 0.421. The molecule has 0 spiro atoms. The van der Waals surface area contributed by atoms with Gasteiger partial charge < -0.3 is 10.4 Å². The standard InChI is InChI=1S/C19H22ClN3O3S/c1-23(18(26)15(10-17(24)25)21-12-6-2-3-7-12)19-22-16(11-27-19)13-8-4-5-9-14(13)20/h4-5,8-9,11-12,15,21H,2-3,6-7,10H2,1H3,(H,24,25). The molecule has 1 aromatic carbocycles. The highest BCUT2D eigenvalue weighted by molar-refractivity contribution is 7.14. The van der Waals surface area contributed by atoms with Gasteiger partial charge in [0.1, 0.15) is 0 Å². The average Bonchev–Trinajstić information content (AvgIpc) is 3.32. The van der Waals surface area contributed by atoms with Crippen LogP contribution in [0.5, 0.6) is 0 Å². The van der Waals surface area contributed by atoms with Gasteiger partial charge in [0.2, 0.25) is 5.91 Å². The maximum Gasteiger partial charge on any atom is 0.305 e. The lowest BCUT2D eigenvalue weighted by atomic mass is 10.1. The smallest absolute Gasteiger partial charge is 0.305 e. The van der Waals surface area contributed by atoms with E-state index in [1.54, 1.807) is 13.1 Å². The van der Waals surface area contributed by atoms with E-state index in [0.717, 1.165) is 31.2 Å². The molecule has 3 rings (SSSR count). The lowest BCUT2D eigenvalue weighted by Crippen LogP contribution is -2.49. The number of aliphatic carboxylic acids is 1. The zero-order valence-corrected chi connectivity index (χ0v) is 16.6. The number of carbonyl (C=O) groups excluding carboxylic acids is 1. The molecule has 2 aromatic rings. The number of likely N-dealkylation sites (N-methyl/N-ethyl adjacent to an activating group) is 1. The number of nitrogens with one attached hydrogen (secondary N) is 1. The summed E-state index contributed by atoms with van der Waals surface area (Å²) in [6.45, 7) is 0. The van der Waals surface area contributed by atoms with E-state index in [4.69, 9.17) is 11.6 Å². The van der Waals surface area contributed by atoms with Crippen molar-refractivity contribution in [2.45, 2.75) is 44.2 Å². The number of carboxylic acids is 1. The van der Waals surface area contributed by atoms with E-state index in [2.05, 4.69) is 10.3 Å². The highest BCUT2D eigenvalue weighted by atomic mass is 35.5. The van der Waals surface area contributed by atoms with E-state index in [1.165, 1.54) is 16.2 Å². The molecule has 1 aromatic heterocycles. The van der Waals surface area contributed by atoms with Crippen LogP contribution in [0.3, 0.4) is 0 Å². The third-order valence-electron chi connectivity index (χ3n) is 4.73. The van der Waals surface area contributed by atoms with Gasteiger partial charge in [-0.15, -0.1) is 11.3 Å². The molecule has 1 aliphatic carbocycles. The van der Waals surface area contributed by atoms with Crippen molar-refractivity contribution < 1.29 is 14.7 Å². The molecule has 1 unspecified atom stereocenters. The van der Waals surface area contributed by atoms with Crippen LogP contribution in [-0.4, -0.2) is 41.1 Å². The van der Waals surface area contributed by atoms with Gasteiger partial charge in [-0.3, -0.25) is 14.5 Å². The van der Waals surface area contributed by atoms with Gasteiger partial charge in [-0.2, -0.15) is 0 Å². The van der Waals surface area contributed by atoms with Crippen molar-refractivity contribution in [2.24, 2.45) is 0 Å². The summed E-state index contributed by atoms with van der Waals surface area (Å²) in [4.78, 5) is 30.1. The predicted octanol–water partition coefficient (Wildman–Crippen LogP) is 3.80. The lowest BCUT2D eigenvalue weighted by molar-refractivity contribution is -0.139. The summed E-state index contributed by atoms with van der Waals surface area (Å²) >= 11 is 7.55. The fourth-order valence-corrected chi connectivity index (χ4v) is 4.34. The van der Waals surface area contributed by atoms with E-state index >= 15 is 0 Å². The second-order valence-corrected chi connectivity index (χ2v) is 7.93. The van der Waals surface area contributed by atoms with E-state index in [1.807, 2.05) is 23.6 Å². The van der Waals surface area contributed by atoms with Crippen molar-refractivity contribution in [3.8, 4) is 11.3 Å². The number of hydrogen-bond acceptors (Lipinski definition) is 5. The molecule has 1 atom stereocenters. The quantitative estimate of drug-likeness (QED) is 0.729. The molecule has 2 N–H and O–H groups in total. The van der Waals surface area contributed by atoms with Crippen LogP contribution in [0.25, 0.3) is 11.3 Å². The molecule has 6 nitrogen and oxygen atoms in total. The number of aromatic nitrogens is 1. The zero-order chi connectivity index (χ0) is 19.4. The first-order valence-corrected chi connectivity index (χ1v) is 10.2. The maximum absolute atomic E-state index is 12.9. The Hall–Kier alpha value is -1.96. The topological polar surface area (TPSA) is 82.5 Å². The van der Waals surface area contributed by atoms with Crippen molar-refractivity contribution >= 4 is 39.9 Å². The number of hydrogen-bond donors (Lipinski definition) is 2. The van der Waals surface area contributed by atoms with E-state index < -0.39 is 12.0 Å². The second kappa shape index (κ2) is 8.82. The largest absolute Gasteiger partial charge is 0.481 e. The summed E-state index contributed by atoms with van der Waals surface area (Å²) < 4.78 is 0. The summed E-state index contributed by atoms with van der Waals surface area (Å²) in [6, 6.07) is 6.82. The molecule has 1 heterocycles. The molecular weight excluding hydrogens is 386 g/mol. The average molecular weight is 408 g/mol. The number of carboxylic acid groups (broad SMARTS) is 1. The van der Waals surface area contributed by atoms with Crippen molar-refractivity contribution in [3.63, 3.8) is 0 Å². The number of rotatable bonds is 7. The highest BCUT2D eigenvalue weighted by Gasteiger charge is 2.30. The highest BCUT2D eigenvalue weighted by Crippen LogP contribution is 2.31.